The van der Waals surface area contributed by atoms with Crippen molar-refractivity contribution in [3.05, 3.63) is 81.8 Å². The van der Waals surface area contributed by atoms with Crippen LogP contribution in [0.25, 0.3) is 11.1 Å². The SMILES string of the molecule is C=CCn1c(C)cc(C(=O)COC(=O)c2sccc2-c2ccc(C)cc2)c1C. The third kappa shape index (κ3) is 3.99. The molecule has 144 valence electrons. The minimum absolute atomic E-state index is 0.204. The van der Waals surface area contributed by atoms with Gasteiger partial charge in [0.2, 0.25) is 5.78 Å². The van der Waals surface area contributed by atoms with Crippen LogP contribution in [0.15, 0.2) is 54.4 Å². The summed E-state index contributed by atoms with van der Waals surface area (Å²) in [5.74, 6) is -0.677. The van der Waals surface area contributed by atoms with Crippen LogP contribution in [0.1, 0.15) is 37.0 Å². The molecule has 2 heterocycles. The summed E-state index contributed by atoms with van der Waals surface area (Å²) in [6, 6.07) is 11.7. The Bertz CT molecular complexity index is 1020. The Labute approximate surface area is 169 Å². The van der Waals surface area contributed by atoms with Crippen molar-refractivity contribution in [3.8, 4) is 11.1 Å². The van der Waals surface area contributed by atoms with Crippen molar-refractivity contribution in [1.29, 1.82) is 0 Å². The molecule has 0 aliphatic heterocycles. The third-order valence-corrected chi connectivity index (χ3v) is 5.63. The van der Waals surface area contributed by atoms with E-state index in [1.54, 1.807) is 6.08 Å². The van der Waals surface area contributed by atoms with Gasteiger partial charge in [0.05, 0.1) is 0 Å². The second-order valence-electron chi connectivity index (χ2n) is 6.71. The Kier molecular flexibility index (Phi) is 5.95. The summed E-state index contributed by atoms with van der Waals surface area (Å²) in [5.41, 5.74) is 5.35. The number of rotatable bonds is 7. The first-order valence-corrected chi connectivity index (χ1v) is 9.92. The molecule has 2 aromatic heterocycles. The van der Waals surface area contributed by atoms with Crippen LogP contribution in [0.2, 0.25) is 0 Å². The molecule has 0 N–H and O–H groups in total. The number of esters is 1. The summed E-state index contributed by atoms with van der Waals surface area (Å²) in [6.45, 7) is 9.96. The highest BCUT2D eigenvalue weighted by molar-refractivity contribution is 7.12. The van der Waals surface area contributed by atoms with Crippen molar-refractivity contribution in [1.82, 2.24) is 4.57 Å². The molecule has 3 aromatic rings. The van der Waals surface area contributed by atoms with Gasteiger partial charge in [0.1, 0.15) is 4.88 Å². The number of carbonyl (C=O) groups is 2. The highest BCUT2D eigenvalue weighted by Gasteiger charge is 2.20. The van der Waals surface area contributed by atoms with E-state index in [0.29, 0.717) is 17.0 Å². The molecule has 0 bridgehead atoms. The maximum absolute atomic E-state index is 12.6. The fourth-order valence-corrected chi connectivity index (χ4v) is 4.00. The van der Waals surface area contributed by atoms with Crippen LogP contribution in [0.3, 0.4) is 0 Å². The van der Waals surface area contributed by atoms with E-state index in [1.165, 1.54) is 11.3 Å². The van der Waals surface area contributed by atoms with Crippen LogP contribution in [0, 0.1) is 20.8 Å². The number of Topliss-reactive ketones (excluding diaryl/α,β-unsaturated/α-hetero) is 1. The molecular weight excluding hydrogens is 370 g/mol. The molecule has 0 radical (unpaired) electrons. The van der Waals surface area contributed by atoms with Gasteiger partial charge < -0.3 is 9.30 Å². The number of carbonyl (C=O) groups excluding carboxylic acids is 2. The number of ether oxygens (including phenoxy) is 1. The quantitative estimate of drug-likeness (QED) is 0.308. The number of hydrogen-bond acceptors (Lipinski definition) is 4. The smallest absolute Gasteiger partial charge is 0.349 e. The molecule has 4 nitrogen and oxygen atoms in total. The molecule has 3 rings (SSSR count). The van der Waals surface area contributed by atoms with Crippen molar-refractivity contribution in [3.63, 3.8) is 0 Å². The fourth-order valence-electron chi connectivity index (χ4n) is 3.20. The Morgan fingerprint density at radius 2 is 1.86 bits per heavy atom. The second-order valence-corrected chi connectivity index (χ2v) is 7.63. The predicted octanol–water partition coefficient (Wildman–Crippen LogP) is 5.37. The van der Waals surface area contributed by atoms with E-state index in [2.05, 4.69) is 6.58 Å². The number of nitrogens with zero attached hydrogens (tertiary/aromatic N) is 1. The van der Waals surface area contributed by atoms with Gasteiger partial charge in [0.15, 0.2) is 6.61 Å². The van der Waals surface area contributed by atoms with Crippen LogP contribution in [0.5, 0.6) is 0 Å². The summed E-state index contributed by atoms with van der Waals surface area (Å²) < 4.78 is 7.36. The zero-order valence-corrected chi connectivity index (χ0v) is 17.1. The first kappa shape index (κ1) is 19.8. The molecule has 0 aliphatic rings. The minimum Gasteiger partial charge on any atom is -0.453 e. The van der Waals surface area contributed by atoms with Crippen molar-refractivity contribution in [2.45, 2.75) is 27.3 Å². The minimum atomic E-state index is -0.473. The molecule has 0 saturated carbocycles. The first-order chi connectivity index (χ1) is 13.4. The van der Waals surface area contributed by atoms with Gasteiger partial charge >= 0.3 is 5.97 Å². The molecular formula is C23H23NO3S. The second kappa shape index (κ2) is 8.40. The Morgan fingerprint density at radius 1 is 1.14 bits per heavy atom. The van der Waals surface area contributed by atoms with Crippen molar-refractivity contribution in [2.24, 2.45) is 0 Å². The van der Waals surface area contributed by atoms with E-state index in [1.807, 2.05) is 67.1 Å². The van der Waals surface area contributed by atoms with Crippen LogP contribution in [-0.2, 0) is 11.3 Å². The van der Waals surface area contributed by atoms with Crippen molar-refractivity contribution < 1.29 is 14.3 Å². The van der Waals surface area contributed by atoms with Gasteiger partial charge in [0, 0.05) is 29.1 Å². The molecule has 5 heteroatoms. The number of aromatic nitrogens is 1. The number of benzene rings is 1. The first-order valence-electron chi connectivity index (χ1n) is 9.05. The number of aryl methyl sites for hydroxylation is 2. The zero-order valence-electron chi connectivity index (χ0n) is 16.3. The molecule has 0 fully saturated rings. The van der Waals surface area contributed by atoms with Crippen LogP contribution < -0.4 is 0 Å². The highest BCUT2D eigenvalue weighted by atomic mass is 32.1. The van der Waals surface area contributed by atoms with E-state index >= 15 is 0 Å². The lowest BCUT2D eigenvalue weighted by Gasteiger charge is -2.07. The average Bonchev–Trinajstić information content (AvgIpc) is 3.27. The molecule has 0 spiro atoms. The lowest BCUT2D eigenvalue weighted by atomic mass is 10.1. The zero-order chi connectivity index (χ0) is 20.3. The molecule has 0 atom stereocenters. The van der Waals surface area contributed by atoms with Gasteiger partial charge in [-0.15, -0.1) is 17.9 Å². The number of allylic oxidation sites excluding steroid dienone is 1. The molecule has 0 unspecified atom stereocenters. The maximum Gasteiger partial charge on any atom is 0.349 e. The lowest BCUT2D eigenvalue weighted by molar-refractivity contribution is 0.0480. The van der Waals surface area contributed by atoms with Gasteiger partial charge in [-0.1, -0.05) is 35.9 Å². The predicted molar refractivity (Wildman–Crippen MR) is 113 cm³/mol. The molecule has 28 heavy (non-hydrogen) atoms. The molecule has 0 amide bonds. The third-order valence-electron chi connectivity index (χ3n) is 4.73. The standard InChI is InChI=1S/C23H23NO3S/c1-5-11-24-16(3)13-20(17(24)4)21(25)14-27-23(26)22-19(10-12-28-22)18-8-6-15(2)7-9-18/h5-10,12-13H,1,11,14H2,2-4H3. The normalized spacial score (nSPS) is 10.7. The van der Waals surface area contributed by atoms with Crippen LogP contribution in [-0.4, -0.2) is 22.9 Å². The van der Waals surface area contributed by atoms with E-state index in [4.69, 9.17) is 4.74 Å². The number of ketones is 1. The van der Waals surface area contributed by atoms with Gasteiger partial charge in [-0.05, 0) is 43.8 Å². The monoisotopic (exact) mass is 393 g/mol. The van der Waals surface area contributed by atoms with E-state index in [0.717, 1.165) is 28.1 Å². The topological polar surface area (TPSA) is 48.3 Å². The Hall–Kier alpha value is -2.92. The van der Waals surface area contributed by atoms with Crippen LogP contribution in [0.4, 0.5) is 0 Å². The Morgan fingerprint density at radius 3 is 2.54 bits per heavy atom. The summed E-state index contributed by atoms with van der Waals surface area (Å²) in [7, 11) is 0. The summed E-state index contributed by atoms with van der Waals surface area (Å²) >= 11 is 1.32. The van der Waals surface area contributed by atoms with Gasteiger partial charge in [-0.3, -0.25) is 4.79 Å². The molecule has 0 saturated heterocycles. The van der Waals surface area contributed by atoms with E-state index < -0.39 is 5.97 Å². The van der Waals surface area contributed by atoms with Crippen LogP contribution >= 0.6 is 11.3 Å². The summed E-state index contributed by atoms with van der Waals surface area (Å²) in [6.07, 6.45) is 1.79. The lowest BCUT2D eigenvalue weighted by Crippen LogP contribution is -2.15. The van der Waals surface area contributed by atoms with Gasteiger partial charge in [-0.25, -0.2) is 4.79 Å². The molecule has 1 aromatic carbocycles. The van der Waals surface area contributed by atoms with Crippen molar-refractivity contribution >= 4 is 23.1 Å². The van der Waals surface area contributed by atoms with E-state index in [9.17, 15) is 9.59 Å². The fraction of sp³-hybridized carbons (Fsp3) is 0.217. The highest BCUT2D eigenvalue weighted by Crippen LogP contribution is 2.29. The van der Waals surface area contributed by atoms with Crippen molar-refractivity contribution in [2.75, 3.05) is 6.61 Å². The molecule has 0 aliphatic carbocycles. The maximum atomic E-state index is 12.6. The summed E-state index contributed by atoms with van der Waals surface area (Å²) in [5, 5.41) is 1.86. The van der Waals surface area contributed by atoms with Gasteiger partial charge in [0.25, 0.3) is 0 Å². The van der Waals surface area contributed by atoms with Gasteiger partial charge in [-0.2, -0.15) is 0 Å². The number of hydrogen-bond donors (Lipinski definition) is 0. The summed E-state index contributed by atoms with van der Waals surface area (Å²) in [4.78, 5) is 25.7. The average molecular weight is 394 g/mol. The van der Waals surface area contributed by atoms with E-state index in [-0.39, 0.29) is 12.4 Å². The Balaban J connectivity index is 1.72. The largest absolute Gasteiger partial charge is 0.453 e. The number of thiophene rings is 1.